The van der Waals surface area contributed by atoms with Crippen LogP contribution in [-0.4, -0.2) is 24.2 Å². The Labute approximate surface area is 135 Å². The Morgan fingerprint density at radius 3 is 2.77 bits per heavy atom. The summed E-state index contributed by atoms with van der Waals surface area (Å²) < 4.78 is 14.2. The summed E-state index contributed by atoms with van der Waals surface area (Å²) >= 11 is 1.59. The molecule has 0 N–H and O–H groups in total. The van der Waals surface area contributed by atoms with Crippen molar-refractivity contribution in [2.24, 2.45) is 0 Å². The molecule has 0 saturated heterocycles. The lowest BCUT2D eigenvalue weighted by atomic mass is 10.3. The Morgan fingerprint density at radius 1 is 1.32 bits per heavy atom. The van der Waals surface area contributed by atoms with Crippen LogP contribution in [0.2, 0.25) is 0 Å². The quantitative estimate of drug-likeness (QED) is 0.720. The lowest BCUT2D eigenvalue weighted by Gasteiger charge is -2.06. The molecule has 2 aromatic heterocycles. The molecular formula is C15H16N4OS2. The molecule has 5 nitrogen and oxygen atoms in total. The van der Waals surface area contributed by atoms with Crippen molar-refractivity contribution in [1.82, 2.24) is 20.0 Å². The number of benzene rings is 1. The molecule has 114 valence electrons. The van der Waals surface area contributed by atoms with E-state index in [1.807, 2.05) is 50.4 Å². The van der Waals surface area contributed by atoms with E-state index in [-0.39, 0.29) is 5.25 Å². The van der Waals surface area contributed by atoms with Crippen molar-refractivity contribution < 1.29 is 4.21 Å². The van der Waals surface area contributed by atoms with Gasteiger partial charge in [0.2, 0.25) is 0 Å². The summed E-state index contributed by atoms with van der Waals surface area (Å²) in [5.74, 6) is 0.505. The van der Waals surface area contributed by atoms with Crippen LogP contribution in [0.4, 0.5) is 0 Å². The predicted molar refractivity (Wildman–Crippen MR) is 88.5 cm³/mol. The molecule has 2 atom stereocenters. The van der Waals surface area contributed by atoms with Gasteiger partial charge in [0.25, 0.3) is 0 Å². The van der Waals surface area contributed by atoms with Crippen LogP contribution in [0.1, 0.15) is 27.8 Å². The third kappa shape index (κ3) is 3.31. The fourth-order valence-corrected chi connectivity index (χ4v) is 4.20. The maximum absolute atomic E-state index is 12.5. The van der Waals surface area contributed by atoms with Crippen LogP contribution in [0.15, 0.2) is 42.7 Å². The van der Waals surface area contributed by atoms with Gasteiger partial charge in [-0.05, 0) is 26.0 Å². The maximum Gasteiger partial charge on any atom is 0.0984 e. The van der Waals surface area contributed by atoms with Crippen molar-refractivity contribution in [3.05, 3.63) is 58.3 Å². The molecule has 0 fully saturated rings. The zero-order valence-electron chi connectivity index (χ0n) is 12.3. The molecule has 3 rings (SSSR count). The fourth-order valence-electron chi connectivity index (χ4n) is 2.04. The van der Waals surface area contributed by atoms with Gasteiger partial charge in [0.1, 0.15) is 0 Å². The SMILES string of the molecule is Cc1ncc(C[S@](=O)[C@H](C)c2cn(-c3ccccc3)nn2)s1. The molecule has 0 aliphatic heterocycles. The smallest absolute Gasteiger partial charge is 0.0984 e. The minimum atomic E-state index is -1.04. The van der Waals surface area contributed by atoms with Gasteiger partial charge in [-0.3, -0.25) is 4.21 Å². The first-order chi connectivity index (χ1) is 10.6. The Hall–Kier alpha value is -1.86. The second-order valence-corrected chi connectivity index (χ2v) is 8.01. The monoisotopic (exact) mass is 332 g/mol. The number of rotatable bonds is 5. The summed E-state index contributed by atoms with van der Waals surface area (Å²) in [7, 11) is -1.04. The molecule has 0 aliphatic carbocycles. The van der Waals surface area contributed by atoms with Crippen LogP contribution >= 0.6 is 11.3 Å². The number of aryl methyl sites for hydroxylation is 1. The first kappa shape index (κ1) is 15.1. The molecule has 0 aliphatic rings. The second kappa shape index (κ2) is 6.50. The molecule has 7 heteroatoms. The summed E-state index contributed by atoms with van der Waals surface area (Å²) in [6.07, 6.45) is 3.64. The largest absolute Gasteiger partial charge is 0.259 e. The molecule has 1 aromatic carbocycles. The third-order valence-electron chi connectivity index (χ3n) is 3.30. The maximum atomic E-state index is 12.5. The normalized spacial score (nSPS) is 13.9. The summed E-state index contributed by atoms with van der Waals surface area (Å²) in [6, 6.07) is 9.77. The Balaban J connectivity index is 1.73. The molecule has 2 heterocycles. The summed E-state index contributed by atoms with van der Waals surface area (Å²) in [5, 5.41) is 9.12. The molecule has 0 radical (unpaired) electrons. The second-order valence-electron chi connectivity index (χ2n) is 4.94. The van der Waals surface area contributed by atoms with Crippen molar-refractivity contribution in [3.8, 4) is 5.69 Å². The van der Waals surface area contributed by atoms with E-state index in [2.05, 4.69) is 15.3 Å². The molecule has 0 saturated carbocycles. The molecule has 0 amide bonds. The molecule has 0 spiro atoms. The van der Waals surface area contributed by atoms with Gasteiger partial charge in [0, 0.05) is 21.9 Å². The molecule has 0 bridgehead atoms. The van der Waals surface area contributed by atoms with Crippen molar-refractivity contribution in [3.63, 3.8) is 0 Å². The highest BCUT2D eigenvalue weighted by Crippen LogP contribution is 2.23. The Bertz CT molecular complexity index is 782. The molecule has 3 aromatic rings. The fraction of sp³-hybridized carbons (Fsp3) is 0.267. The van der Waals surface area contributed by atoms with Gasteiger partial charge >= 0.3 is 0 Å². The van der Waals surface area contributed by atoms with Gasteiger partial charge in [-0.1, -0.05) is 23.4 Å². The number of aromatic nitrogens is 4. The van der Waals surface area contributed by atoms with E-state index in [4.69, 9.17) is 0 Å². The van der Waals surface area contributed by atoms with Gasteiger partial charge in [-0.15, -0.1) is 16.4 Å². The molecule has 0 unspecified atom stereocenters. The van der Waals surface area contributed by atoms with E-state index >= 15 is 0 Å². The van der Waals surface area contributed by atoms with E-state index in [0.29, 0.717) is 5.75 Å². The standard InChI is InChI=1S/C15H16N4OS2/c1-11(22(20)10-14-8-16-12(2)21-14)15-9-19(18-17-15)13-6-4-3-5-7-13/h3-9,11H,10H2,1-2H3/t11-,22+/m1/s1. The predicted octanol–water partition coefficient (Wildman–Crippen LogP) is 3.04. The van der Waals surface area contributed by atoms with E-state index in [1.54, 1.807) is 22.2 Å². The third-order valence-corrected chi connectivity index (χ3v) is 6.02. The number of hydrogen-bond acceptors (Lipinski definition) is 5. The zero-order valence-corrected chi connectivity index (χ0v) is 14.0. The molecular weight excluding hydrogens is 316 g/mol. The number of para-hydroxylation sites is 1. The Kier molecular flexibility index (Phi) is 4.44. The lowest BCUT2D eigenvalue weighted by molar-refractivity contribution is 0.674. The van der Waals surface area contributed by atoms with E-state index in [9.17, 15) is 4.21 Å². The van der Waals surface area contributed by atoms with Gasteiger partial charge < -0.3 is 0 Å². The van der Waals surface area contributed by atoms with Gasteiger partial charge in [0.15, 0.2) is 0 Å². The van der Waals surface area contributed by atoms with Gasteiger partial charge in [-0.25, -0.2) is 9.67 Å². The summed E-state index contributed by atoms with van der Waals surface area (Å²) in [4.78, 5) is 5.24. The average molecular weight is 332 g/mol. The first-order valence-corrected chi connectivity index (χ1v) is 9.09. The first-order valence-electron chi connectivity index (χ1n) is 6.89. The van der Waals surface area contributed by atoms with Crippen molar-refractivity contribution >= 4 is 22.1 Å². The van der Waals surface area contributed by atoms with Crippen molar-refractivity contribution in [2.45, 2.75) is 24.9 Å². The minimum absolute atomic E-state index is 0.167. The molecule has 22 heavy (non-hydrogen) atoms. The van der Waals surface area contributed by atoms with Crippen LogP contribution in [0.5, 0.6) is 0 Å². The summed E-state index contributed by atoms with van der Waals surface area (Å²) in [6.45, 7) is 3.87. The van der Waals surface area contributed by atoms with Crippen molar-refractivity contribution in [2.75, 3.05) is 0 Å². The van der Waals surface area contributed by atoms with Crippen LogP contribution < -0.4 is 0 Å². The minimum Gasteiger partial charge on any atom is -0.259 e. The van der Waals surface area contributed by atoms with Crippen LogP contribution in [0, 0.1) is 6.92 Å². The van der Waals surface area contributed by atoms with E-state index in [1.165, 1.54) is 0 Å². The van der Waals surface area contributed by atoms with Gasteiger partial charge in [0.05, 0.1) is 33.6 Å². The number of hydrogen-bond donors (Lipinski definition) is 0. The van der Waals surface area contributed by atoms with E-state index < -0.39 is 10.8 Å². The van der Waals surface area contributed by atoms with Crippen LogP contribution in [0.25, 0.3) is 5.69 Å². The van der Waals surface area contributed by atoms with Crippen LogP contribution in [-0.2, 0) is 16.6 Å². The van der Waals surface area contributed by atoms with E-state index in [0.717, 1.165) is 21.3 Å². The van der Waals surface area contributed by atoms with Crippen molar-refractivity contribution in [1.29, 1.82) is 0 Å². The topological polar surface area (TPSA) is 60.7 Å². The Morgan fingerprint density at radius 2 is 2.09 bits per heavy atom. The number of thiazole rings is 1. The highest BCUT2D eigenvalue weighted by atomic mass is 32.2. The lowest BCUT2D eigenvalue weighted by Crippen LogP contribution is -2.05. The summed E-state index contributed by atoms with van der Waals surface area (Å²) in [5.41, 5.74) is 1.68. The average Bonchev–Trinajstić information content (AvgIpc) is 3.17. The highest BCUT2D eigenvalue weighted by molar-refractivity contribution is 7.84. The number of nitrogens with zero attached hydrogens (tertiary/aromatic N) is 4. The zero-order chi connectivity index (χ0) is 15.5. The highest BCUT2D eigenvalue weighted by Gasteiger charge is 2.18. The van der Waals surface area contributed by atoms with Crippen LogP contribution in [0.3, 0.4) is 0 Å². The van der Waals surface area contributed by atoms with Gasteiger partial charge in [-0.2, -0.15) is 0 Å².